The highest BCUT2D eigenvalue weighted by atomic mass is 35.5. The molecule has 0 amide bonds. The van der Waals surface area contributed by atoms with Crippen LogP contribution in [0.25, 0.3) is 0 Å². The summed E-state index contributed by atoms with van der Waals surface area (Å²) in [5, 5.41) is 4.00. The summed E-state index contributed by atoms with van der Waals surface area (Å²) >= 11 is 6.16. The number of hydrogen-bond donors (Lipinski definition) is 1. The van der Waals surface area contributed by atoms with Gasteiger partial charge in [0.25, 0.3) is 0 Å². The zero-order chi connectivity index (χ0) is 17.6. The maximum absolute atomic E-state index is 14.0. The van der Waals surface area contributed by atoms with E-state index in [1.807, 2.05) is 18.2 Å². The monoisotopic (exact) mass is 355 g/mol. The van der Waals surface area contributed by atoms with Gasteiger partial charge in [-0.15, -0.1) is 0 Å². The summed E-state index contributed by atoms with van der Waals surface area (Å²) in [5.41, 5.74) is 5.25. The quantitative estimate of drug-likeness (QED) is 0.751. The number of anilines is 2. The van der Waals surface area contributed by atoms with Gasteiger partial charge in [-0.25, -0.2) is 9.38 Å². The standard InChI is InChI=1S/C20H19ClFN3/c1-12-9-13(7-8-25(12)2)20-16-11-15(22)4-6-17(16)23-18-5-3-14(21)10-19(18)24-20/h3-6,9-12,23H,7-8H2,1-2H3/t12-/m0/s1. The van der Waals surface area contributed by atoms with Crippen molar-refractivity contribution >= 4 is 34.4 Å². The molecular weight excluding hydrogens is 337 g/mol. The van der Waals surface area contributed by atoms with Crippen LogP contribution in [0.15, 0.2) is 53.0 Å². The fraction of sp³-hybridized carbons (Fsp3) is 0.250. The first kappa shape index (κ1) is 16.3. The summed E-state index contributed by atoms with van der Waals surface area (Å²) in [7, 11) is 2.11. The van der Waals surface area contributed by atoms with Crippen LogP contribution < -0.4 is 5.32 Å². The number of aliphatic imine (C=N–C) groups is 1. The number of hydrogen-bond acceptors (Lipinski definition) is 3. The van der Waals surface area contributed by atoms with E-state index in [2.05, 4.69) is 30.3 Å². The van der Waals surface area contributed by atoms with E-state index in [9.17, 15) is 4.39 Å². The van der Waals surface area contributed by atoms with Crippen molar-refractivity contribution in [2.24, 2.45) is 4.99 Å². The molecular formula is C20H19ClFN3. The average Bonchev–Trinajstić information content (AvgIpc) is 2.74. The molecule has 2 aliphatic rings. The molecule has 1 atom stereocenters. The van der Waals surface area contributed by atoms with E-state index in [4.69, 9.17) is 16.6 Å². The van der Waals surface area contributed by atoms with Gasteiger partial charge in [0.1, 0.15) is 5.82 Å². The van der Waals surface area contributed by atoms with Gasteiger partial charge in [0.15, 0.2) is 0 Å². The lowest BCUT2D eigenvalue weighted by Gasteiger charge is -2.29. The molecule has 25 heavy (non-hydrogen) atoms. The molecule has 0 saturated heterocycles. The first-order chi connectivity index (χ1) is 12.0. The molecule has 5 heteroatoms. The molecule has 0 aromatic heterocycles. The molecule has 2 heterocycles. The Labute approximate surface area is 151 Å². The van der Waals surface area contributed by atoms with Crippen LogP contribution in [-0.4, -0.2) is 30.2 Å². The predicted octanol–water partition coefficient (Wildman–Crippen LogP) is 5.31. The Kier molecular flexibility index (Phi) is 4.10. The van der Waals surface area contributed by atoms with Crippen LogP contribution >= 0.6 is 11.6 Å². The van der Waals surface area contributed by atoms with Crippen LogP contribution in [0.3, 0.4) is 0 Å². The predicted molar refractivity (Wildman–Crippen MR) is 102 cm³/mol. The lowest BCUT2D eigenvalue weighted by molar-refractivity contribution is 0.288. The summed E-state index contributed by atoms with van der Waals surface area (Å²) in [5.74, 6) is -0.265. The number of nitrogens with one attached hydrogen (secondary N) is 1. The number of fused-ring (bicyclic) bond motifs is 2. The summed E-state index contributed by atoms with van der Waals surface area (Å²) in [6.07, 6.45) is 3.10. The molecule has 0 radical (unpaired) electrons. The van der Waals surface area contributed by atoms with E-state index in [-0.39, 0.29) is 5.82 Å². The van der Waals surface area contributed by atoms with Gasteiger partial charge < -0.3 is 5.32 Å². The van der Waals surface area contributed by atoms with E-state index in [0.717, 1.165) is 46.9 Å². The fourth-order valence-corrected chi connectivity index (χ4v) is 3.46. The molecule has 0 fully saturated rings. The molecule has 1 N–H and O–H groups in total. The Hall–Kier alpha value is -2.17. The highest BCUT2D eigenvalue weighted by molar-refractivity contribution is 6.31. The lowest BCUT2D eigenvalue weighted by Crippen LogP contribution is -2.33. The molecule has 0 aliphatic carbocycles. The molecule has 0 bridgehead atoms. The van der Waals surface area contributed by atoms with Crippen LogP contribution in [0.1, 0.15) is 18.9 Å². The molecule has 2 aliphatic heterocycles. The van der Waals surface area contributed by atoms with Gasteiger partial charge in [-0.3, -0.25) is 4.90 Å². The number of halogens is 2. The normalized spacial score (nSPS) is 19.9. The second-order valence-electron chi connectivity index (χ2n) is 6.60. The van der Waals surface area contributed by atoms with Crippen LogP contribution in [-0.2, 0) is 0 Å². The Morgan fingerprint density at radius 3 is 2.80 bits per heavy atom. The van der Waals surface area contributed by atoms with Gasteiger partial charge >= 0.3 is 0 Å². The molecule has 3 nitrogen and oxygen atoms in total. The van der Waals surface area contributed by atoms with Gasteiger partial charge in [0.2, 0.25) is 0 Å². The van der Waals surface area contributed by atoms with Gasteiger partial charge in [0, 0.05) is 28.9 Å². The molecule has 128 valence electrons. The first-order valence-electron chi connectivity index (χ1n) is 8.38. The topological polar surface area (TPSA) is 27.6 Å². The van der Waals surface area contributed by atoms with Crippen molar-refractivity contribution in [1.29, 1.82) is 0 Å². The van der Waals surface area contributed by atoms with Gasteiger partial charge in [-0.1, -0.05) is 17.7 Å². The Morgan fingerprint density at radius 2 is 2.00 bits per heavy atom. The summed E-state index contributed by atoms with van der Waals surface area (Å²) in [6.45, 7) is 3.11. The van der Waals surface area contributed by atoms with Crippen molar-refractivity contribution in [3.05, 3.63) is 64.5 Å². The van der Waals surface area contributed by atoms with Crippen LogP contribution in [0.5, 0.6) is 0 Å². The summed E-state index contributed by atoms with van der Waals surface area (Å²) in [4.78, 5) is 7.17. The van der Waals surface area contributed by atoms with E-state index < -0.39 is 0 Å². The zero-order valence-corrected chi connectivity index (χ0v) is 14.9. The first-order valence-corrected chi connectivity index (χ1v) is 8.75. The van der Waals surface area contributed by atoms with Crippen molar-refractivity contribution in [1.82, 2.24) is 4.90 Å². The van der Waals surface area contributed by atoms with E-state index in [1.54, 1.807) is 12.1 Å². The van der Waals surface area contributed by atoms with Crippen LogP contribution in [0.4, 0.5) is 21.5 Å². The van der Waals surface area contributed by atoms with Gasteiger partial charge in [-0.2, -0.15) is 0 Å². The summed E-state index contributed by atoms with van der Waals surface area (Å²) < 4.78 is 14.0. The Morgan fingerprint density at radius 1 is 1.20 bits per heavy atom. The van der Waals surface area contributed by atoms with E-state index in [0.29, 0.717) is 11.1 Å². The van der Waals surface area contributed by atoms with E-state index >= 15 is 0 Å². The molecule has 2 aromatic rings. The second kappa shape index (κ2) is 6.28. The maximum atomic E-state index is 14.0. The third-order valence-electron chi connectivity index (χ3n) is 4.87. The molecule has 0 unspecified atom stereocenters. The fourth-order valence-electron chi connectivity index (χ4n) is 3.29. The van der Waals surface area contributed by atoms with Gasteiger partial charge in [0.05, 0.1) is 17.1 Å². The number of benzene rings is 2. The van der Waals surface area contributed by atoms with Crippen molar-refractivity contribution < 1.29 is 4.39 Å². The van der Waals surface area contributed by atoms with Gasteiger partial charge in [-0.05, 0) is 62.4 Å². The minimum atomic E-state index is -0.265. The van der Waals surface area contributed by atoms with Crippen molar-refractivity contribution in [2.45, 2.75) is 19.4 Å². The number of rotatable bonds is 1. The average molecular weight is 356 g/mol. The van der Waals surface area contributed by atoms with Crippen LogP contribution in [0.2, 0.25) is 5.02 Å². The largest absolute Gasteiger partial charge is 0.353 e. The maximum Gasteiger partial charge on any atom is 0.124 e. The van der Waals surface area contributed by atoms with Crippen molar-refractivity contribution in [3.8, 4) is 0 Å². The Bertz CT molecular complexity index is 904. The van der Waals surface area contributed by atoms with Crippen molar-refractivity contribution in [2.75, 3.05) is 18.9 Å². The highest BCUT2D eigenvalue weighted by Gasteiger charge is 2.24. The third-order valence-corrected chi connectivity index (χ3v) is 5.11. The van der Waals surface area contributed by atoms with Crippen molar-refractivity contribution in [3.63, 3.8) is 0 Å². The third kappa shape index (κ3) is 3.08. The molecule has 2 aromatic carbocycles. The minimum absolute atomic E-state index is 0.265. The molecule has 4 rings (SSSR count). The lowest BCUT2D eigenvalue weighted by atomic mass is 9.93. The summed E-state index contributed by atoms with van der Waals surface area (Å²) in [6, 6.07) is 10.7. The smallest absolute Gasteiger partial charge is 0.124 e. The molecule has 0 spiro atoms. The highest BCUT2D eigenvalue weighted by Crippen LogP contribution is 2.38. The minimum Gasteiger partial charge on any atom is -0.353 e. The zero-order valence-electron chi connectivity index (χ0n) is 14.2. The second-order valence-corrected chi connectivity index (χ2v) is 7.04. The molecule has 0 saturated carbocycles. The number of likely N-dealkylation sites (N-methyl/N-ethyl adjacent to an activating group) is 1. The number of nitrogens with zero attached hydrogens (tertiary/aromatic N) is 2. The Balaban J connectivity index is 1.93. The SMILES string of the molecule is C[C@H]1C=C(C2=Nc3cc(Cl)ccc3Nc3ccc(F)cc32)CCN1C. The van der Waals surface area contributed by atoms with Crippen LogP contribution in [0, 0.1) is 5.82 Å². The van der Waals surface area contributed by atoms with E-state index in [1.165, 1.54) is 6.07 Å².